The van der Waals surface area contributed by atoms with E-state index in [0.717, 1.165) is 25.9 Å². The van der Waals surface area contributed by atoms with E-state index in [-0.39, 0.29) is 6.03 Å². The second-order valence-corrected chi connectivity index (χ2v) is 7.45. The standard InChI is InChI=1S/C18H26N6O/c25-17(20-14-15-21-16-19-10-5-12-24(16)22-15)23-11-4-8-18(9-13-23)6-2-1-3-7-18/h5,10,12H,1-4,6-9,11,13-14H2,(H,20,25). The van der Waals surface area contributed by atoms with Gasteiger partial charge in [0.15, 0.2) is 5.82 Å². The lowest BCUT2D eigenvalue weighted by molar-refractivity contribution is 0.157. The molecule has 134 valence electrons. The molecule has 2 fully saturated rings. The molecule has 2 aromatic rings. The number of fused-ring (bicyclic) bond motifs is 1. The molecule has 3 heterocycles. The first kappa shape index (κ1) is 16.3. The number of aromatic nitrogens is 4. The SMILES string of the molecule is O=C(NCc1nc2ncccn2n1)N1CCCC2(CCCCC2)CC1. The van der Waals surface area contributed by atoms with Gasteiger partial charge in [0.2, 0.25) is 0 Å². The van der Waals surface area contributed by atoms with Crippen molar-refractivity contribution >= 4 is 11.8 Å². The molecular formula is C18H26N6O. The Morgan fingerprint density at radius 1 is 1.12 bits per heavy atom. The highest BCUT2D eigenvalue weighted by Gasteiger charge is 2.34. The van der Waals surface area contributed by atoms with Crippen LogP contribution in [-0.2, 0) is 6.54 Å². The molecule has 0 radical (unpaired) electrons. The summed E-state index contributed by atoms with van der Waals surface area (Å²) in [5.41, 5.74) is 0.502. The van der Waals surface area contributed by atoms with Crippen molar-refractivity contribution in [1.82, 2.24) is 29.8 Å². The summed E-state index contributed by atoms with van der Waals surface area (Å²) >= 11 is 0. The van der Waals surface area contributed by atoms with Gasteiger partial charge in [0.05, 0.1) is 6.54 Å². The van der Waals surface area contributed by atoms with Crippen LogP contribution in [0.15, 0.2) is 18.5 Å². The Labute approximate surface area is 147 Å². The van der Waals surface area contributed by atoms with Gasteiger partial charge in [-0.25, -0.2) is 14.3 Å². The second-order valence-electron chi connectivity index (χ2n) is 7.45. The van der Waals surface area contributed by atoms with Crippen LogP contribution in [-0.4, -0.2) is 43.6 Å². The summed E-state index contributed by atoms with van der Waals surface area (Å²) in [6, 6.07) is 1.81. The predicted octanol–water partition coefficient (Wildman–Crippen LogP) is 2.77. The largest absolute Gasteiger partial charge is 0.331 e. The van der Waals surface area contributed by atoms with Crippen LogP contribution in [0.3, 0.4) is 0 Å². The Bertz CT molecular complexity index is 703. The third kappa shape index (κ3) is 3.60. The molecule has 0 unspecified atom stereocenters. The number of hydrogen-bond donors (Lipinski definition) is 1. The normalized spacial score (nSPS) is 20.6. The highest BCUT2D eigenvalue weighted by molar-refractivity contribution is 5.74. The minimum Gasteiger partial charge on any atom is -0.331 e. The van der Waals surface area contributed by atoms with Crippen LogP contribution in [0.2, 0.25) is 0 Å². The molecule has 0 bridgehead atoms. The number of urea groups is 1. The molecule has 1 aliphatic carbocycles. The van der Waals surface area contributed by atoms with Gasteiger partial charge in [-0.05, 0) is 43.6 Å². The Morgan fingerprint density at radius 3 is 2.80 bits per heavy atom. The van der Waals surface area contributed by atoms with E-state index in [1.807, 2.05) is 11.0 Å². The lowest BCUT2D eigenvalue weighted by Crippen LogP contribution is -2.40. The van der Waals surface area contributed by atoms with Crippen molar-refractivity contribution in [2.24, 2.45) is 5.41 Å². The lowest BCUT2D eigenvalue weighted by Gasteiger charge is -2.36. The number of rotatable bonds is 2. The number of amides is 2. The Hall–Kier alpha value is -2.18. The lowest BCUT2D eigenvalue weighted by atomic mass is 9.69. The summed E-state index contributed by atoms with van der Waals surface area (Å²) in [7, 11) is 0. The summed E-state index contributed by atoms with van der Waals surface area (Å²) in [5, 5.41) is 7.30. The first-order valence-electron chi connectivity index (χ1n) is 9.43. The molecule has 1 saturated carbocycles. The van der Waals surface area contributed by atoms with Crippen LogP contribution < -0.4 is 5.32 Å². The zero-order valence-electron chi connectivity index (χ0n) is 14.7. The fraction of sp³-hybridized carbons (Fsp3) is 0.667. The van der Waals surface area contributed by atoms with Crippen LogP contribution in [0, 0.1) is 5.41 Å². The minimum absolute atomic E-state index is 0.000301. The number of nitrogens with zero attached hydrogens (tertiary/aromatic N) is 5. The number of nitrogens with one attached hydrogen (secondary N) is 1. The van der Waals surface area contributed by atoms with E-state index in [2.05, 4.69) is 20.4 Å². The third-order valence-electron chi connectivity index (χ3n) is 5.81. The molecule has 7 nitrogen and oxygen atoms in total. The van der Waals surface area contributed by atoms with E-state index in [0.29, 0.717) is 23.6 Å². The average Bonchev–Trinajstić information content (AvgIpc) is 2.96. The van der Waals surface area contributed by atoms with Gasteiger partial charge in [-0.1, -0.05) is 19.3 Å². The van der Waals surface area contributed by atoms with Crippen molar-refractivity contribution in [3.63, 3.8) is 0 Å². The van der Waals surface area contributed by atoms with Gasteiger partial charge in [-0.15, -0.1) is 5.10 Å². The van der Waals surface area contributed by atoms with E-state index >= 15 is 0 Å². The Balaban J connectivity index is 1.33. The van der Waals surface area contributed by atoms with Gasteiger partial charge in [0.1, 0.15) is 0 Å². The first-order valence-corrected chi connectivity index (χ1v) is 9.43. The number of hydrogen-bond acceptors (Lipinski definition) is 4. The molecular weight excluding hydrogens is 316 g/mol. The fourth-order valence-electron chi connectivity index (χ4n) is 4.38. The van der Waals surface area contributed by atoms with Gasteiger partial charge in [0.25, 0.3) is 5.78 Å². The molecule has 25 heavy (non-hydrogen) atoms. The summed E-state index contributed by atoms with van der Waals surface area (Å²) in [6.07, 6.45) is 13.8. The van der Waals surface area contributed by atoms with Crippen molar-refractivity contribution < 1.29 is 4.79 Å². The first-order chi connectivity index (χ1) is 12.2. The van der Waals surface area contributed by atoms with E-state index in [1.54, 1.807) is 16.9 Å². The predicted molar refractivity (Wildman–Crippen MR) is 94.0 cm³/mol. The topological polar surface area (TPSA) is 75.4 Å². The molecule has 2 amide bonds. The van der Waals surface area contributed by atoms with Crippen molar-refractivity contribution in [1.29, 1.82) is 0 Å². The highest BCUT2D eigenvalue weighted by Crippen LogP contribution is 2.44. The van der Waals surface area contributed by atoms with Gasteiger partial charge in [-0.2, -0.15) is 4.98 Å². The van der Waals surface area contributed by atoms with E-state index < -0.39 is 0 Å². The van der Waals surface area contributed by atoms with Crippen LogP contribution in [0.1, 0.15) is 57.2 Å². The molecule has 1 N–H and O–H groups in total. The number of carbonyl (C=O) groups excluding carboxylic acids is 1. The smallest absolute Gasteiger partial charge is 0.317 e. The summed E-state index contributed by atoms with van der Waals surface area (Å²) in [6.45, 7) is 2.06. The van der Waals surface area contributed by atoms with Gasteiger partial charge in [0, 0.05) is 25.5 Å². The van der Waals surface area contributed by atoms with E-state index in [1.165, 1.54) is 38.5 Å². The molecule has 0 atom stereocenters. The molecule has 0 aromatic carbocycles. The Kier molecular flexibility index (Phi) is 4.55. The van der Waals surface area contributed by atoms with Crippen molar-refractivity contribution in [2.75, 3.05) is 13.1 Å². The maximum absolute atomic E-state index is 12.5. The average molecular weight is 342 g/mol. The maximum Gasteiger partial charge on any atom is 0.317 e. The summed E-state index contributed by atoms with van der Waals surface area (Å²) in [5.74, 6) is 1.14. The quantitative estimate of drug-likeness (QED) is 0.910. The summed E-state index contributed by atoms with van der Waals surface area (Å²) in [4.78, 5) is 23.0. The molecule has 1 saturated heterocycles. The van der Waals surface area contributed by atoms with Crippen LogP contribution in [0.5, 0.6) is 0 Å². The van der Waals surface area contributed by atoms with Gasteiger partial charge in [-0.3, -0.25) is 0 Å². The zero-order valence-corrected chi connectivity index (χ0v) is 14.7. The second kappa shape index (κ2) is 6.98. The van der Waals surface area contributed by atoms with E-state index in [4.69, 9.17) is 0 Å². The van der Waals surface area contributed by atoms with Crippen LogP contribution in [0.4, 0.5) is 4.79 Å². The highest BCUT2D eigenvalue weighted by atomic mass is 16.2. The minimum atomic E-state index is -0.000301. The van der Waals surface area contributed by atoms with E-state index in [9.17, 15) is 4.79 Å². The van der Waals surface area contributed by atoms with Gasteiger partial charge >= 0.3 is 6.03 Å². The maximum atomic E-state index is 12.5. The molecule has 1 spiro atoms. The van der Waals surface area contributed by atoms with Crippen molar-refractivity contribution in [3.05, 3.63) is 24.3 Å². The number of likely N-dealkylation sites (tertiary alicyclic amines) is 1. The van der Waals surface area contributed by atoms with Gasteiger partial charge < -0.3 is 10.2 Å². The monoisotopic (exact) mass is 342 g/mol. The molecule has 2 aromatic heterocycles. The Morgan fingerprint density at radius 2 is 1.96 bits per heavy atom. The molecule has 7 heteroatoms. The summed E-state index contributed by atoms with van der Waals surface area (Å²) < 4.78 is 1.63. The van der Waals surface area contributed by atoms with Crippen LogP contribution >= 0.6 is 0 Å². The third-order valence-corrected chi connectivity index (χ3v) is 5.81. The molecule has 1 aliphatic heterocycles. The van der Waals surface area contributed by atoms with Crippen molar-refractivity contribution in [3.8, 4) is 0 Å². The number of carbonyl (C=O) groups is 1. The molecule has 4 rings (SSSR count). The zero-order chi connectivity index (χ0) is 17.1. The van der Waals surface area contributed by atoms with Crippen molar-refractivity contribution in [2.45, 2.75) is 57.9 Å². The van der Waals surface area contributed by atoms with Crippen LogP contribution in [0.25, 0.3) is 5.78 Å². The molecule has 2 aliphatic rings. The fourth-order valence-corrected chi connectivity index (χ4v) is 4.38.